The Morgan fingerprint density at radius 1 is 1.23 bits per heavy atom. The first-order chi connectivity index (χ1) is 12.4. The summed E-state index contributed by atoms with van der Waals surface area (Å²) in [5.74, 6) is 1.26. The highest BCUT2D eigenvalue weighted by Crippen LogP contribution is 2.33. The molecule has 0 N–H and O–H groups in total. The molecule has 0 bridgehead atoms. The summed E-state index contributed by atoms with van der Waals surface area (Å²) in [4.78, 5) is 18.3. The average molecular weight is 396 g/mol. The summed E-state index contributed by atoms with van der Waals surface area (Å²) in [5, 5.41) is 10.3. The molecule has 2 aromatic rings. The fourth-order valence-corrected chi connectivity index (χ4v) is 5.29. The van der Waals surface area contributed by atoms with Gasteiger partial charge in [-0.2, -0.15) is 4.31 Å². The highest BCUT2D eigenvalue weighted by molar-refractivity contribution is 7.88. The molecule has 26 heavy (non-hydrogen) atoms. The Balaban J connectivity index is 1.58. The van der Waals surface area contributed by atoms with Crippen molar-refractivity contribution < 1.29 is 13.2 Å². The zero-order valence-corrected chi connectivity index (χ0v) is 16.0. The monoisotopic (exact) mass is 396 g/mol. The lowest BCUT2D eigenvalue weighted by atomic mass is 10.0. The van der Waals surface area contributed by atoms with E-state index in [1.54, 1.807) is 15.8 Å². The van der Waals surface area contributed by atoms with Crippen molar-refractivity contribution in [2.75, 3.05) is 19.3 Å². The number of fused-ring (bicyclic) bond motifs is 1. The highest BCUT2D eigenvalue weighted by atomic mass is 32.2. The number of hydrogen-bond donors (Lipinski definition) is 0. The van der Waals surface area contributed by atoms with Gasteiger partial charge in [-0.1, -0.05) is 6.42 Å². The normalized spacial score (nSPS) is 21.6. The predicted molar refractivity (Wildman–Crippen MR) is 95.0 cm³/mol. The standard InChI is InChI=1S/C15H20N6O3S2/c1-26(23,24)21-5-3-2-4-12(21)14-18-17-13-8-19(6-7-20(13)14)15(22)11-9-25-10-16-11/h9-10,12H,2-8H2,1H3. The third-order valence-electron chi connectivity index (χ3n) is 4.90. The van der Waals surface area contributed by atoms with Gasteiger partial charge in [-0.05, 0) is 12.8 Å². The minimum Gasteiger partial charge on any atom is -0.328 e. The van der Waals surface area contributed by atoms with Crippen LogP contribution in [0.2, 0.25) is 0 Å². The first-order valence-corrected chi connectivity index (χ1v) is 11.3. The molecule has 4 rings (SSSR count). The van der Waals surface area contributed by atoms with E-state index in [2.05, 4.69) is 15.2 Å². The smallest absolute Gasteiger partial charge is 0.273 e. The molecule has 4 heterocycles. The summed E-state index contributed by atoms with van der Waals surface area (Å²) in [6.07, 6.45) is 3.81. The third kappa shape index (κ3) is 3.14. The van der Waals surface area contributed by atoms with E-state index < -0.39 is 10.0 Å². The molecule has 2 aliphatic heterocycles. The van der Waals surface area contributed by atoms with Crippen molar-refractivity contribution in [1.29, 1.82) is 0 Å². The Morgan fingerprint density at radius 3 is 2.81 bits per heavy atom. The first kappa shape index (κ1) is 17.6. The van der Waals surface area contributed by atoms with Crippen molar-refractivity contribution in [3.8, 4) is 0 Å². The topological polar surface area (TPSA) is 101 Å². The van der Waals surface area contributed by atoms with E-state index in [1.807, 2.05) is 4.57 Å². The van der Waals surface area contributed by atoms with Crippen LogP contribution in [0.5, 0.6) is 0 Å². The molecule has 1 atom stereocenters. The maximum Gasteiger partial charge on any atom is 0.273 e. The largest absolute Gasteiger partial charge is 0.328 e. The van der Waals surface area contributed by atoms with Crippen molar-refractivity contribution in [1.82, 2.24) is 29.0 Å². The van der Waals surface area contributed by atoms with Crippen LogP contribution < -0.4 is 0 Å². The fraction of sp³-hybridized carbons (Fsp3) is 0.600. The lowest BCUT2D eigenvalue weighted by Crippen LogP contribution is -2.41. The Morgan fingerprint density at radius 2 is 2.08 bits per heavy atom. The lowest BCUT2D eigenvalue weighted by molar-refractivity contribution is 0.0699. The number of amides is 1. The van der Waals surface area contributed by atoms with E-state index in [9.17, 15) is 13.2 Å². The predicted octanol–water partition coefficient (Wildman–Crippen LogP) is 0.877. The number of nitrogens with zero attached hydrogens (tertiary/aromatic N) is 6. The molecular weight excluding hydrogens is 376 g/mol. The summed E-state index contributed by atoms with van der Waals surface area (Å²) in [5.41, 5.74) is 2.08. The summed E-state index contributed by atoms with van der Waals surface area (Å²) < 4.78 is 27.8. The summed E-state index contributed by atoms with van der Waals surface area (Å²) in [6.45, 7) is 1.96. The van der Waals surface area contributed by atoms with Crippen LogP contribution in [0.3, 0.4) is 0 Å². The molecule has 0 aromatic carbocycles. The van der Waals surface area contributed by atoms with E-state index in [1.165, 1.54) is 21.9 Å². The van der Waals surface area contributed by atoms with Crippen LogP contribution in [-0.2, 0) is 23.1 Å². The van der Waals surface area contributed by atoms with Crippen LogP contribution in [0.4, 0.5) is 0 Å². The molecule has 2 aliphatic rings. The number of rotatable bonds is 3. The van der Waals surface area contributed by atoms with Crippen LogP contribution >= 0.6 is 11.3 Å². The van der Waals surface area contributed by atoms with E-state index in [4.69, 9.17) is 0 Å². The second-order valence-electron chi connectivity index (χ2n) is 6.61. The van der Waals surface area contributed by atoms with Crippen LogP contribution in [-0.4, -0.2) is 62.6 Å². The summed E-state index contributed by atoms with van der Waals surface area (Å²) >= 11 is 1.39. The Hall–Kier alpha value is -1.85. The number of hydrogen-bond acceptors (Lipinski definition) is 7. The lowest BCUT2D eigenvalue weighted by Gasteiger charge is -2.34. The van der Waals surface area contributed by atoms with E-state index in [-0.39, 0.29) is 11.9 Å². The minimum absolute atomic E-state index is 0.113. The van der Waals surface area contributed by atoms with Gasteiger partial charge < -0.3 is 9.47 Å². The van der Waals surface area contributed by atoms with E-state index >= 15 is 0 Å². The second kappa shape index (κ2) is 6.71. The molecule has 0 spiro atoms. The van der Waals surface area contributed by atoms with Gasteiger partial charge in [0, 0.05) is 25.0 Å². The number of piperidine rings is 1. The zero-order valence-electron chi connectivity index (χ0n) is 14.4. The second-order valence-corrected chi connectivity index (χ2v) is 9.27. The SMILES string of the molecule is CS(=O)(=O)N1CCCCC1c1nnc2n1CCN(C(=O)c1cscn1)C2. The van der Waals surface area contributed by atoms with Crippen molar-refractivity contribution in [2.45, 2.75) is 38.4 Å². The molecule has 1 unspecified atom stereocenters. The molecule has 1 saturated heterocycles. The van der Waals surface area contributed by atoms with Gasteiger partial charge in [0.15, 0.2) is 11.6 Å². The molecule has 0 radical (unpaired) electrons. The molecule has 0 saturated carbocycles. The molecule has 2 aromatic heterocycles. The maximum absolute atomic E-state index is 12.5. The quantitative estimate of drug-likeness (QED) is 0.763. The number of carbonyl (C=O) groups is 1. The maximum atomic E-state index is 12.5. The van der Waals surface area contributed by atoms with Crippen LogP contribution in [0.15, 0.2) is 10.9 Å². The van der Waals surface area contributed by atoms with Crippen molar-refractivity contribution in [2.24, 2.45) is 0 Å². The Kier molecular flexibility index (Phi) is 4.53. The zero-order chi connectivity index (χ0) is 18.3. The number of thiazole rings is 1. The fourth-order valence-electron chi connectivity index (χ4n) is 3.64. The van der Waals surface area contributed by atoms with E-state index in [0.29, 0.717) is 43.5 Å². The molecule has 1 fully saturated rings. The highest BCUT2D eigenvalue weighted by Gasteiger charge is 2.36. The summed E-state index contributed by atoms with van der Waals surface area (Å²) in [7, 11) is -3.30. The molecule has 11 heteroatoms. The molecular formula is C15H20N6O3S2. The minimum atomic E-state index is -3.30. The van der Waals surface area contributed by atoms with Crippen LogP contribution in [0, 0.1) is 0 Å². The van der Waals surface area contributed by atoms with E-state index in [0.717, 1.165) is 19.3 Å². The van der Waals surface area contributed by atoms with Crippen molar-refractivity contribution >= 4 is 27.3 Å². The first-order valence-electron chi connectivity index (χ1n) is 8.51. The number of sulfonamides is 1. The Bertz CT molecular complexity index is 908. The van der Waals surface area contributed by atoms with Gasteiger partial charge in [0.05, 0.1) is 24.4 Å². The summed E-state index contributed by atoms with van der Waals surface area (Å²) in [6, 6.07) is -0.277. The van der Waals surface area contributed by atoms with Crippen LogP contribution in [0.25, 0.3) is 0 Å². The molecule has 1 amide bonds. The van der Waals surface area contributed by atoms with Gasteiger partial charge in [-0.25, -0.2) is 13.4 Å². The van der Waals surface area contributed by atoms with Gasteiger partial charge >= 0.3 is 0 Å². The van der Waals surface area contributed by atoms with Gasteiger partial charge in [0.1, 0.15) is 5.69 Å². The van der Waals surface area contributed by atoms with Gasteiger partial charge in [0.25, 0.3) is 5.91 Å². The number of aromatic nitrogens is 4. The Labute approximate surface area is 155 Å². The average Bonchev–Trinajstić information content (AvgIpc) is 3.29. The van der Waals surface area contributed by atoms with Crippen LogP contribution in [0.1, 0.15) is 47.4 Å². The molecule has 0 aliphatic carbocycles. The molecule has 9 nitrogen and oxygen atoms in total. The van der Waals surface area contributed by atoms with Gasteiger partial charge in [-0.3, -0.25) is 4.79 Å². The van der Waals surface area contributed by atoms with Crippen molar-refractivity contribution in [3.63, 3.8) is 0 Å². The van der Waals surface area contributed by atoms with Gasteiger partial charge in [-0.15, -0.1) is 21.5 Å². The molecule has 140 valence electrons. The third-order valence-corrected chi connectivity index (χ3v) is 6.77. The number of carbonyl (C=O) groups excluding carboxylic acids is 1. The van der Waals surface area contributed by atoms with Gasteiger partial charge in [0.2, 0.25) is 10.0 Å². The van der Waals surface area contributed by atoms with Crippen molar-refractivity contribution in [3.05, 3.63) is 28.2 Å².